The molecule has 24 heavy (non-hydrogen) atoms. The molecule has 0 saturated carbocycles. The van der Waals surface area contributed by atoms with Gasteiger partial charge < -0.3 is 5.32 Å². The van der Waals surface area contributed by atoms with E-state index in [2.05, 4.69) is 10.3 Å². The smallest absolute Gasteiger partial charge is 0.237 e. The number of aromatic nitrogens is 1. The number of nitrogens with zero attached hydrogens (tertiary/aromatic N) is 1. The van der Waals surface area contributed by atoms with Crippen molar-refractivity contribution < 1.29 is 13.6 Å². The monoisotopic (exact) mass is 344 g/mol. The highest BCUT2D eigenvalue weighted by Crippen LogP contribution is 2.28. The van der Waals surface area contributed by atoms with Gasteiger partial charge in [0.1, 0.15) is 11.6 Å². The Bertz CT molecular complexity index is 896. The van der Waals surface area contributed by atoms with Crippen molar-refractivity contribution in [2.45, 2.75) is 17.1 Å². The van der Waals surface area contributed by atoms with Crippen molar-refractivity contribution in [3.8, 4) is 0 Å². The van der Waals surface area contributed by atoms with Gasteiger partial charge in [0.25, 0.3) is 0 Å². The molecule has 1 unspecified atom stereocenters. The van der Waals surface area contributed by atoms with Gasteiger partial charge in [-0.25, -0.2) is 8.78 Å². The van der Waals surface area contributed by atoms with Crippen molar-refractivity contribution in [3.05, 3.63) is 66.4 Å². The quantitative estimate of drug-likeness (QED) is 0.702. The molecule has 0 radical (unpaired) electrons. The first-order chi connectivity index (χ1) is 11.5. The van der Waals surface area contributed by atoms with E-state index in [4.69, 9.17) is 0 Å². The molecule has 1 heterocycles. The molecule has 0 fully saturated rings. The normalized spacial score (nSPS) is 12.1. The van der Waals surface area contributed by atoms with E-state index < -0.39 is 16.9 Å². The highest BCUT2D eigenvalue weighted by Gasteiger charge is 2.18. The van der Waals surface area contributed by atoms with Gasteiger partial charge in [0.05, 0.1) is 16.5 Å². The van der Waals surface area contributed by atoms with E-state index in [1.807, 2.05) is 12.1 Å². The molecule has 1 amide bonds. The number of fused-ring (bicyclic) bond motifs is 1. The van der Waals surface area contributed by atoms with Crippen LogP contribution < -0.4 is 5.32 Å². The van der Waals surface area contributed by atoms with Crippen LogP contribution in [0.25, 0.3) is 10.9 Å². The first kappa shape index (κ1) is 16.4. The van der Waals surface area contributed by atoms with E-state index in [0.717, 1.165) is 40.9 Å². The number of pyridine rings is 1. The molecule has 1 atom stereocenters. The van der Waals surface area contributed by atoms with E-state index in [1.165, 1.54) is 0 Å². The summed E-state index contributed by atoms with van der Waals surface area (Å²) in [6.07, 6.45) is 1.68. The molecule has 3 aromatic rings. The van der Waals surface area contributed by atoms with E-state index in [9.17, 15) is 13.6 Å². The fraction of sp³-hybridized carbons (Fsp3) is 0.111. The van der Waals surface area contributed by atoms with Crippen LogP contribution in [0.2, 0.25) is 0 Å². The van der Waals surface area contributed by atoms with Crippen molar-refractivity contribution in [2.24, 2.45) is 0 Å². The summed E-state index contributed by atoms with van der Waals surface area (Å²) in [5.41, 5.74) is 1.41. The Morgan fingerprint density at radius 1 is 1.17 bits per heavy atom. The Labute approximate surface area is 142 Å². The van der Waals surface area contributed by atoms with E-state index in [1.54, 1.807) is 31.3 Å². The lowest BCUT2D eigenvalue weighted by molar-refractivity contribution is -0.115. The molecule has 1 N–H and O–H groups in total. The van der Waals surface area contributed by atoms with Crippen LogP contribution in [0.3, 0.4) is 0 Å². The van der Waals surface area contributed by atoms with Crippen LogP contribution in [0, 0.1) is 11.6 Å². The lowest BCUT2D eigenvalue weighted by atomic mass is 10.2. The summed E-state index contributed by atoms with van der Waals surface area (Å²) >= 11 is 0.974. The van der Waals surface area contributed by atoms with Gasteiger partial charge in [0.2, 0.25) is 5.91 Å². The van der Waals surface area contributed by atoms with Gasteiger partial charge in [-0.05, 0) is 49.4 Å². The average Bonchev–Trinajstić information content (AvgIpc) is 2.58. The molecular formula is C18H14F2N2OS. The van der Waals surface area contributed by atoms with Crippen LogP contribution in [0.15, 0.2) is 59.6 Å². The van der Waals surface area contributed by atoms with Crippen molar-refractivity contribution in [2.75, 3.05) is 5.32 Å². The zero-order valence-corrected chi connectivity index (χ0v) is 13.6. The van der Waals surface area contributed by atoms with Gasteiger partial charge in [-0.3, -0.25) is 9.78 Å². The molecule has 0 saturated heterocycles. The third-order valence-corrected chi connectivity index (χ3v) is 4.60. The van der Waals surface area contributed by atoms with E-state index in [-0.39, 0.29) is 10.8 Å². The number of hydrogen-bond donors (Lipinski definition) is 1. The Morgan fingerprint density at radius 3 is 2.83 bits per heavy atom. The molecule has 6 heteroatoms. The maximum atomic E-state index is 13.7. The predicted octanol–water partition coefficient (Wildman–Crippen LogP) is 4.63. The number of thioether (sulfide) groups is 1. The van der Waals surface area contributed by atoms with Crippen molar-refractivity contribution in [3.63, 3.8) is 0 Å². The summed E-state index contributed by atoms with van der Waals surface area (Å²) in [5, 5.41) is 3.06. The molecule has 122 valence electrons. The van der Waals surface area contributed by atoms with Gasteiger partial charge in [0.15, 0.2) is 0 Å². The predicted molar refractivity (Wildman–Crippen MR) is 92.0 cm³/mol. The highest BCUT2D eigenvalue weighted by atomic mass is 32.2. The molecular weight excluding hydrogens is 330 g/mol. The maximum absolute atomic E-state index is 13.7. The van der Waals surface area contributed by atoms with Crippen molar-refractivity contribution in [1.82, 2.24) is 4.98 Å². The second-order valence-electron chi connectivity index (χ2n) is 5.20. The largest absolute Gasteiger partial charge is 0.324 e. The maximum Gasteiger partial charge on any atom is 0.237 e. The van der Waals surface area contributed by atoms with Crippen LogP contribution >= 0.6 is 11.8 Å². The minimum atomic E-state index is -0.590. The first-order valence-electron chi connectivity index (χ1n) is 7.31. The number of halogens is 2. The van der Waals surface area contributed by atoms with Gasteiger partial charge in [-0.2, -0.15) is 0 Å². The second kappa shape index (κ2) is 6.97. The molecule has 0 bridgehead atoms. The van der Waals surface area contributed by atoms with Crippen LogP contribution in [0.4, 0.5) is 14.5 Å². The first-order valence-corrected chi connectivity index (χ1v) is 8.19. The third kappa shape index (κ3) is 3.54. The van der Waals surface area contributed by atoms with Crippen molar-refractivity contribution in [1.29, 1.82) is 0 Å². The Kier molecular flexibility index (Phi) is 4.76. The van der Waals surface area contributed by atoms with Crippen LogP contribution in [0.1, 0.15) is 6.92 Å². The van der Waals surface area contributed by atoms with Gasteiger partial charge >= 0.3 is 0 Å². The van der Waals surface area contributed by atoms with Crippen molar-refractivity contribution >= 4 is 34.3 Å². The summed E-state index contributed by atoms with van der Waals surface area (Å²) < 4.78 is 26.9. The molecule has 3 rings (SSSR count). The van der Waals surface area contributed by atoms with E-state index >= 15 is 0 Å². The second-order valence-corrected chi connectivity index (χ2v) is 6.58. The van der Waals surface area contributed by atoms with Crippen LogP contribution in [0.5, 0.6) is 0 Å². The topological polar surface area (TPSA) is 42.0 Å². The Morgan fingerprint density at radius 2 is 2.00 bits per heavy atom. The number of carbonyl (C=O) groups is 1. The molecule has 0 aliphatic carbocycles. The minimum Gasteiger partial charge on any atom is -0.324 e. The molecule has 3 nitrogen and oxygen atoms in total. The molecule has 0 aliphatic heterocycles. The standard InChI is InChI=1S/C18H14F2N2OS/c1-11(24-17-10-12(19)7-8-14(17)20)18(23)22-16-6-2-5-15-13(16)4-3-9-21-15/h2-11H,1H3,(H,22,23). The van der Waals surface area contributed by atoms with Crippen LogP contribution in [-0.2, 0) is 4.79 Å². The van der Waals surface area contributed by atoms with Gasteiger partial charge in [-0.15, -0.1) is 11.8 Å². The lowest BCUT2D eigenvalue weighted by Gasteiger charge is -2.14. The molecule has 1 aromatic heterocycles. The van der Waals surface area contributed by atoms with Gasteiger partial charge in [-0.1, -0.05) is 6.07 Å². The summed E-state index contributed by atoms with van der Waals surface area (Å²) in [4.78, 5) is 16.7. The lowest BCUT2D eigenvalue weighted by Crippen LogP contribution is -2.22. The number of carbonyl (C=O) groups excluding carboxylic acids is 1. The fourth-order valence-electron chi connectivity index (χ4n) is 2.26. The fourth-order valence-corrected chi connectivity index (χ4v) is 3.17. The molecule has 2 aromatic carbocycles. The van der Waals surface area contributed by atoms with Gasteiger partial charge in [0, 0.05) is 16.5 Å². The van der Waals surface area contributed by atoms with E-state index in [0.29, 0.717) is 5.69 Å². The Balaban J connectivity index is 1.77. The number of amides is 1. The summed E-state index contributed by atoms with van der Waals surface area (Å²) in [5.74, 6) is -1.37. The zero-order chi connectivity index (χ0) is 17.1. The summed E-state index contributed by atoms with van der Waals surface area (Å²) in [7, 11) is 0. The SMILES string of the molecule is CC(Sc1cc(F)ccc1F)C(=O)Nc1cccc2ncccc12. The van der Waals surface area contributed by atoms with Crippen LogP contribution in [-0.4, -0.2) is 16.1 Å². The average molecular weight is 344 g/mol. The third-order valence-electron chi connectivity index (χ3n) is 3.47. The summed E-state index contributed by atoms with van der Waals surface area (Å²) in [6.45, 7) is 1.65. The number of benzene rings is 2. The number of hydrogen-bond acceptors (Lipinski definition) is 3. The number of rotatable bonds is 4. The number of nitrogens with one attached hydrogen (secondary N) is 1. The molecule has 0 spiro atoms. The number of anilines is 1. The summed E-state index contributed by atoms with van der Waals surface area (Å²) in [6, 6.07) is 12.3. The minimum absolute atomic E-state index is 0.109. The Hall–Kier alpha value is -2.47. The highest BCUT2D eigenvalue weighted by molar-refractivity contribution is 8.00. The molecule has 0 aliphatic rings. The zero-order valence-electron chi connectivity index (χ0n) is 12.8.